The van der Waals surface area contributed by atoms with E-state index in [4.69, 9.17) is 9.84 Å². The smallest absolute Gasteiger partial charge is 0.344 e. The first-order valence-corrected chi connectivity index (χ1v) is 10.9. The van der Waals surface area contributed by atoms with Crippen LogP contribution in [0, 0.1) is 17.8 Å². The molecule has 2 rings (SSSR count). The number of carboxylic acids is 1. The summed E-state index contributed by atoms with van der Waals surface area (Å²) in [5.74, 6) is 4.28. The Morgan fingerprint density at radius 1 is 1.13 bits per heavy atom. The average Bonchev–Trinajstić information content (AvgIpc) is 2.82. The number of hydrogen-bond donors (Lipinski definition) is 3. The maximum Gasteiger partial charge on any atom is 0.344 e. The number of carbonyl (C=O) groups is 2. The van der Waals surface area contributed by atoms with Gasteiger partial charge in [0.1, 0.15) is 0 Å². The maximum absolute atomic E-state index is 12.8. The average molecular weight is 433 g/mol. The third-order valence-corrected chi connectivity index (χ3v) is 5.49. The highest BCUT2D eigenvalue weighted by molar-refractivity contribution is 5.81. The SMILES string of the molecule is CCN(CC)CC#CCOC(=O)C(O)(c1ccccc1)C1CCCCC1.NCC(=O)O. The molecule has 1 atom stereocenters. The van der Waals surface area contributed by atoms with Crippen molar-refractivity contribution in [3.8, 4) is 11.8 Å². The molecule has 1 fully saturated rings. The third kappa shape index (κ3) is 8.70. The molecule has 7 nitrogen and oxygen atoms in total. The minimum atomic E-state index is -1.58. The Morgan fingerprint density at radius 3 is 2.23 bits per heavy atom. The molecule has 0 radical (unpaired) electrons. The van der Waals surface area contributed by atoms with Crippen LogP contribution in [0.1, 0.15) is 51.5 Å². The minimum absolute atomic E-state index is 0.0158. The summed E-state index contributed by atoms with van der Waals surface area (Å²) in [5.41, 5.74) is 3.61. The van der Waals surface area contributed by atoms with E-state index in [2.05, 4.69) is 36.3 Å². The number of nitrogens with zero attached hydrogens (tertiary/aromatic N) is 1. The molecule has 7 heteroatoms. The quantitative estimate of drug-likeness (QED) is 0.427. The fourth-order valence-corrected chi connectivity index (χ4v) is 3.61. The molecular formula is C24H36N2O5. The molecule has 1 aliphatic rings. The molecule has 0 spiro atoms. The Morgan fingerprint density at radius 2 is 1.71 bits per heavy atom. The largest absolute Gasteiger partial charge is 0.480 e. The Hall–Kier alpha value is -2.40. The number of esters is 1. The molecule has 1 saturated carbocycles. The summed E-state index contributed by atoms with van der Waals surface area (Å²) in [5, 5.41) is 19.0. The van der Waals surface area contributed by atoms with Gasteiger partial charge in [0.15, 0.2) is 12.2 Å². The number of ether oxygens (including phenoxy) is 1. The molecule has 1 aromatic carbocycles. The summed E-state index contributed by atoms with van der Waals surface area (Å²) in [6.07, 6.45) is 4.92. The van der Waals surface area contributed by atoms with Crippen LogP contribution in [0.4, 0.5) is 0 Å². The zero-order valence-electron chi connectivity index (χ0n) is 18.7. The highest BCUT2D eigenvalue weighted by Crippen LogP contribution is 2.40. The van der Waals surface area contributed by atoms with Crippen molar-refractivity contribution >= 4 is 11.9 Å². The summed E-state index contributed by atoms with van der Waals surface area (Å²) < 4.78 is 5.38. The molecule has 0 bridgehead atoms. The van der Waals surface area contributed by atoms with Gasteiger partial charge in [0, 0.05) is 5.92 Å². The van der Waals surface area contributed by atoms with Crippen molar-refractivity contribution in [1.29, 1.82) is 0 Å². The highest BCUT2D eigenvalue weighted by atomic mass is 16.5. The van der Waals surface area contributed by atoms with Gasteiger partial charge in [0.25, 0.3) is 0 Å². The van der Waals surface area contributed by atoms with Gasteiger partial charge in [-0.1, -0.05) is 75.3 Å². The van der Waals surface area contributed by atoms with Crippen LogP contribution in [0.3, 0.4) is 0 Å². The zero-order valence-corrected chi connectivity index (χ0v) is 18.7. The molecular weight excluding hydrogens is 396 g/mol. The van der Waals surface area contributed by atoms with Crippen LogP contribution < -0.4 is 5.73 Å². The van der Waals surface area contributed by atoms with Crippen LogP contribution >= 0.6 is 0 Å². The van der Waals surface area contributed by atoms with Crippen molar-refractivity contribution in [1.82, 2.24) is 4.90 Å². The fraction of sp³-hybridized carbons (Fsp3) is 0.583. The summed E-state index contributed by atoms with van der Waals surface area (Å²) in [7, 11) is 0. The molecule has 0 amide bonds. The minimum Gasteiger partial charge on any atom is -0.480 e. The lowest BCUT2D eigenvalue weighted by molar-refractivity contribution is -0.174. The predicted molar refractivity (Wildman–Crippen MR) is 120 cm³/mol. The van der Waals surface area contributed by atoms with Crippen LogP contribution in [0.5, 0.6) is 0 Å². The summed E-state index contributed by atoms with van der Waals surface area (Å²) in [6, 6.07) is 9.19. The molecule has 4 N–H and O–H groups in total. The summed E-state index contributed by atoms with van der Waals surface area (Å²) in [4.78, 5) is 24.3. The van der Waals surface area contributed by atoms with Gasteiger partial charge in [0.05, 0.1) is 13.1 Å². The van der Waals surface area contributed by atoms with Crippen molar-refractivity contribution in [3.05, 3.63) is 35.9 Å². The van der Waals surface area contributed by atoms with Gasteiger partial charge in [-0.2, -0.15) is 0 Å². The number of carboxylic acid groups (broad SMARTS) is 1. The second-order valence-electron chi connectivity index (χ2n) is 7.46. The first-order chi connectivity index (χ1) is 14.9. The molecule has 172 valence electrons. The van der Waals surface area contributed by atoms with E-state index in [0.29, 0.717) is 12.1 Å². The monoisotopic (exact) mass is 432 g/mol. The lowest BCUT2D eigenvalue weighted by atomic mass is 9.73. The maximum atomic E-state index is 12.8. The van der Waals surface area contributed by atoms with Gasteiger partial charge >= 0.3 is 11.9 Å². The Labute approximate surface area is 185 Å². The molecule has 1 aromatic rings. The topological polar surface area (TPSA) is 113 Å². The van der Waals surface area contributed by atoms with Crippen molar-refractivity contribution in [2.24, 2.45) is 11.7 Å². The van der Waals surface area contributed by atoms with Crippen molar-refractivity contribution in [3.63, 3.8) is 0 Å². The van der Waals surface area contributed by atoms with Gasteiger partial charge in [-0.05, 0) is 31.5 Å². The van der Waals surface area contributed by atoms with Gasteiger partial charge in [-0.15, -0.1) is 0 Å². The van der Waals surface area contributed by atoms with E-state index in [1.165, 1.54) is 0 Å². The Bertz CT molecular complexity index is 718. The molecule has 31 heavy (non-hydrogen) atoms. The van der Waals surface area contributed by atoms with E-state index < -0.39 is 17.5 Å². The summed E-state index contributed by atoms with van der Waals surface area (Å²) in [6.45, 7) is 6.48. The number of aliphatic carboxylic acids is 1. The van der Waals surface area contributed by atoms with E-state index in [0.717, 1.165) is 45.2 Å². The van der Waals surface area contributed by atoms with Crippen molar-refractivity contribution in [2.75, 3.05) is 32.8 Å². The molecule has 0 aliphatic heterocycles. The number of aliphatic hydroxyl groups is 1. The summed E-state index contributed by atoms with van der Waals surface area (Å²) >= 11 is 0. The van der Waals surface area contributed by atoms with Crippen LogP contribution in [-0.4, -0.2) is 59.8 Å². The van der Waals surface area contributed by atoms with Crippen LogP contribution in [0.2, 0.25) is 0 Å². The van der Waals surface area contributed by atoms with Gasteiger partial charge < -0.3 is 20.7 Å². The molecule has 1 unspecified atom stereocenters. The van der Waals surface area contributed by atoms with E-state index in [1.54, 1.807) is 0 Å². The standard InChI is InChI=1S/C22H31NO3.C2H5NO2/c1-3-23(4-2)17-11-12-18-26-21(24)22(25,19-13-7-5-8-14-19)20-15-9-6-10-16-20;3-1-2(4)5/h5,7-8,13-14,20,25H,3-4,6,9-10,15-18H2,1-2H3;1,3H2,(H,4,5). The molecule has 0 aromatic heterocycles. The number of nitrogens with two attached hydrogens (primary N) is 1. The van der Waals surface area contributed by atoms with Crippen LogP contribution in [0.15, 0.2) is 30.3 Å². The molecule has 1 aliphatic carbocycles. The first-order valence-electron chi connectivity index (χ1n) is 10.9. The number of carbonyl (C=O) groups excluding carboxylic acids is 1. The van der Waals surface area contributed by atoms with E-state index in [1.807, 2.05) is 30.3 Å². The van der Waals surface area contributed by atoms with Crippen molar-refractivity contribution in [2.45, 2.75) is 51.6 Å². The Balaban J connectivity index is 0.000000861. The second-order valence-corrected chi connectivity index (χ2v) is 7.46. The molecule has 0 heterocycles. The molecule has 0 saturated heterocycles. The fourth-order valence-electron chi connectivity index (χ4n) is 3.61. The van der Waals surface area contributed by atoms with E-state index >= 15 is 0 Å². The van der Waals surface area contributed by atoms with Gasteiger partial charge in [0.2, 0.25) is 0 Å². The van der Waals surface area contributed by atoms with Crippen molar-refractivity contribution < 1.29 is 24.5 Å². The third-order valence-electron chi connectivity index (χ3n) is 5.49. The van der Waals surface area contributed by atoms with Crippen LogP contribution in [0.25, 0.3) is 0 Å². The second kappa shape index (κ2) is 14.6. The lowest BCUT2D eigenvalue weighted by Crippen LogP contribution is -2.45. The Kier molecular flexibility index (Phi) is 12.5. The predicted octanol–water partition coefficient (Wildman–Crippen LogP) is 2.37. The normalized spacial score (nSPS) is 15.6. The lowest BCUT2D eigenvalue weighted by Gasteiger charge is -2.36. The van der Waals surface area contributed by atoms with Gasteiger partial charge in [-0.3, -0.25) is 9.69 Å². The highest BCUT2D eigenvalue weighted by Gasteiger charge is 2.46. The van der Waals surface area contributed by atoms with Crippen LogP contribution in [-0.2, 0) is 19.9 Å². The van der Waals surface area contributed by atoms with E-state index in [9.17, 15) is 14.7 Å². The number of rotatable bonds is 8. The zero-order chi connectivity index (χ0) is 23.1. The number of hydrogen-bond acceptors (Lipinski definition) is 6. The van der Waals surface area contributed by atoms with E-state index in [-0.39, 0.29) is 19.1 Å². The number of benzene rings is 1. The first kappa shape index (κ1) is 26.6. The van der Waals surface area contributed by atoms with Gasteiger partial charge in [-0.25, -0.2) is 4.79 Å².